The van der Waals surface area contributed by atoms with E-state index in [0.29, 0.717) is 5.56 Å². The number of rotatable bonds is 3. The lowest BCUT2D eigenvalue weighted by Gasteiger charge is -2.19. The van der Waals surface area contributed by atoms with Crippen molar-refractivity contribution in [2.24, 2.45) is 5.92 Å². The largest absolute Gasteiger partial charge is 0.457 e. The molecule has 1 aliphatic carbocycles. The van der Waals surface area contributed by atoms with E-state index in [1.54, 1.807) is 6.07 Å². The van der Waals surface area contributed by atoms with Gasteiger partial charge in [0.2, 0.25) is 0 Å². The first-order chi connectivity index (χ1) is 8.31. The molecule has 2 atom stereocenters. The molecule has 1 saturated carbocycles. The van der Waals surface area contributed by atoms with E-state index in [2.05, 4.69) is 0 Å². The molecule has 98 valence electrons. The predicted molar refractivity (Wildman–Crippen MR) is 63.5 cm³/mol. The number of alkyl halides is 2. The van der Waals surface area contributed by atoms with Gasteiger partial charge in [-0.2, -0.15) is 0 Å². The van der Waals surface area contributed by atoms with Gasteiger partial charge in [0.05, 0.1) is 5.92 Å². The highest BCUT2D eigenvalue weighted by Gasteiger charge is 2.62. The zero-order valence-electron chi connectivity index (χ0n) is 10.7. The second-order valence-corrected chi connectivity index (χ2v) is 4.96. The molecule has 0 bridgehead atoms. The number of benzene rings is 1. The number of carbonyl (C=O) groups is 1. The highest BCUT2D eigenvalue weighted by molar-refractivity contribution is 5.66. The first-order valence-electron chi connectivity index (χ1n) is 5.93. The minimum atomic E-state index is -2.71. The number of aryl methyl sites for hydroxylation is 2. The van der Waals surface area contributed by atoms with E-state index < -0.39 is 23.9 Å². The molecule has 0 radical (unpaired) electrons. The van der Waals surface area contributed by atoms with Crippen molar-refractivity contribution in [1.82, 2.24) is 0 Å². The van der Waals surface area contributed by atoms with Gasteiger partial charge in [0.1, 0.15) is 6.10 Å². The number of carbonyl (C=O) groups excluding carboxylic acids is 1. The van der Waals surface area contributed by atoms with E-state index in [9.17, 15) is 13.6 Å². The average Bonchev–Trinajstić information content (AvgIpc) is 2.84. The van der Waals surface area contributed by atoms with Gasteiger partial charge in [0.25, 0.3) is 5.92 Å². The van der Waals surface area contributed by atoms with Gasteiger partial charge in [-0.25, -0.2) is 8.78 Å². The zero-order chi connectivity index (χ0) is 13.5. The molecule has 18 heavy (non-hydrogen) atoms. The van der Waals surface area contributed by atoms with E-state index in [0.717, 1.165) is 11.1 Å². The van der Waals surface area contributed by atoms with Gasteiger partial charge in [-0.15, -0.1) is 0 Å². The molecule has 4 heteroatoms. The Kier molecular flexibility index (Phi) is 3.13. The van der Waals surface area contributed by atoms with E-state index >= 15 is 0 Å². The molecule has 1 fully saturated rings. The van der Waals surface area contributed by atoms with Crippen molar-refractivity contribution in [2.45, 2.75) is 39.2 Å². The molecule has 0 N–H and O–H groups in total. The van der Waals surface area contributed by atoms with Gasteiger partial charge in [-0.1, -0.05) is 23.8 Å². The average molecular weight is 254 g/mol. The maximum Gasteiger partial charge on any atom is 0.303 e. The molecular weight excluding hydrogens is 238 g/mol. The lowest BCUT2D eigenvalue weighted by atomic mass is 9.98. The highest BCUT2D eigenvalue weighted by atomic mass is 19.3. The molecule has 0 aliphatic heterocycles. The van der Waals surface area contributed by atoms with Crippen LogP contribution in [0.15, 0.2) is 18.2 Å². The summed E-state index contributed by atoms with van der Waals surface area (Å²) in [5.74, 6) is -4.12. The summed E-state index contributed by atoms with van der Waals surface area (Å²) < 4.78 is 31.5. The third kappa shape index (κ3) is 2.52. The lowest BCUT2D eigenvalue weighted by Crippen LogP contribution is -2.15. The van der Waals surface area contributed by atoms with E-state index in [4.69, 9.17) is 4.74 Å². The van der Waals surface area contributed by atoms with Gasteiger partial charge in [-0.3, -0.25) is 4.79 Å². The third-order valence-corrected chi connectivity index (χ3v) is 3.26. The summed E-state index contributed by atoms with van der Waals surface area (Å²) in [6.07, 6.45) is -1.05. The van der Waals surface area contributed by atoms with Crippen LogP contribution in [0.5, 0.6) is 0 Å². The van der Waals surface area contributed by atoms with Crippen LogP contribution in [0.25, 0.3) is 0 Å². The Balaban J connectivity index is 2.31. The topological polar surface area (TPSA) is 26.3 Å². The first-order valence-corrected chi connectivity index (χ1v) is 5.93. The molecule has 0 amide bonds. The summed E-state index contributed by atoms with van der Waals surface area (Å²) in [6, 6.07) is 5.53. The van der Waals surface area contributed by atoms with Crippen LogP contribution in [-0.4, -0.2) is 11.9 Å². The lowest BCUT2D eigenvalue weighted by molar-refractivity contribution is -0.149. The fraction of sp³-hybridized carbons (Fsp3) is 0.500. The second-order valence-electron chi connectivity index (χ2n) is 4.96. The molecule has 1 aromatic rings. The maximum absolute atomic E-state index is 13.2. The molecule has 1 aromatic carbocycles. The Morgan fingerprint density at radius 3 is 2.50 bits per heavy atom. The van der Waals surface area contributed by atoms with Crippen LogP contribution in [0.2, 0.25) is 0 Å². The summed E-state index contributed by atoms with van der Waals surface area (Å²) in [6.45, 7) is 5.03. The van der Waals surface area contributed by atoms with Crippen molar-refractivity contribution in [2.75, 3.05) is 0 Å². The fourth-order valence-electron chi connectivity index (χ4n) is 2.25. The maximum atomic E-state index is 13.2. The van der Waals surface area contributed by atoms with Crippen molar-refractivity contribution in [3.63, 3.8) is 0 Å². The fourth-order valence-corrected chi connectivity index (χ4v) is 2.25. The van der Waals surface area contributed by atoms with Gasteiger partial charge in [-0.05, 0) is 25.0 Å². The van der Waals surface area contributed by atoms with Gasteiger partial charge < -0.3 is 4.74 Å². The summed E-state index contributed by atoms with van der Waals surface area (Å²) >= 11 is 0. The smallest absolute Gasteiger partial charge is 0.303 e. The van der Waals surface area contributed by atoms with Crippen molar-refractivity contribution >= 4 is 5.97 Å². The third-order valence-electron chi connectivity index (χ3n) is 3.26. The quantitative estimate of drug-likeness (QED) is 0.771. The molecule has 1 aliphatic rings. The number of hydrogen-bond acceptors (Lipinski definition) is 2. The molecule has 0 aromatic heterocycles. The van der Waals surface area contributed by atoms with Crippen LogP contribution in [0.3, 0.4) is 0 Å². The van der Waals surface area contributed by atoms with E-state index in [-0.39, 0.29) is 6.42 Å². The van der Waals surface area contributed by atoms with E-state index in [1.165, 1.54) is 6.92 Å². The SMILES string of the molecule is CC(=O)OC(c1ccc(C)cc1C)C1CC1(F)F. The number of esters is 1. The first kappa shape index (κ1) is 13.0. The molecule has 0 saturated heterocycles. The minimum Gasteiger partial charge on any atom is -0.457 e. The van der Waals surface area contributed by atoms with Crippen LogP contribution in [-0.2, 0) is 9.53 Å². The molecule has 2 rings (SSSR count). The highest BCUT2D eigenvalue weighted by Crippen LogP contribution is 2.56. The van der Waals surface area contributed by atoms with E-state index in [1.807, 2.05) is 26.0 Å². The van der Waals surface area contributed by atoms with Crippen molar-refractivity contribution < 1.29 is 18.3 Å². The second kappa shape index (κ2) is 4.34. The van der Waals surface area contributed by atoms with Crippen molar-refractivity contribution in [3.05, 3.63) is 34.9 Å². The Morgan fingerprint density at radius 2 is 2.06 bits per heavy atom. The monoisotopic (exact) mass is 254 g/mol. The standard InChI is InChI=1S/C14H16F2O2/c1-8-4-5-11(9(2)6-8)13(18-10(3)17)12-7-14(12,15)16/h4-6,12-13H,7H2,1-3H3. The Labute approximate surface area is 105 Å². The van der Waals surface area contributed by atoms with Gasteiger partial charge in [0, 0.05) is 13.3 Å². The normalized spacial score (nSPS) is 22.4. The van der Waals surface area contributed by atoms with Crippen LogP contribution < -0.4 is 0 Å². The Hall–Kier alpha value is -1.45. The van der Waals surface area contributed by atoms with Crippen LogP contribution >= 0.6 is 0 Å². The Morgan fingerprint density at radius 1 is 1.44 bits per heavy atom. The molecular formula is C14H16F2O2. The number of ether oxygens (including phenoxy) is 1. The van der Waals surface area contributed by atoms with Crippen LogP contribution in [0.4, 0.5) is 8.78 Å². The summed E-state index contributed by atoms with van der Waals surface area (Å²) in [5, 5.41) is 0. The summed E-state index contributed by atoms with van der Waals surface area (Å²) in [4.78, 5) is 11.1. The zero-order valence-corrected chi connectivity index (χ0v) is 10.7. The Bertz CT molecular complexity index is 483. The molecule has 0 spiro atoms. The van der Waals surface area contributed by atoms with Crippen LogP contribution in [0, 0.1) is 19.8 Å². The van der Waals surface area contributed by atoms with Crippen LogP contribution in [0.1, 0.15) is 36.1 Å². The molecule has 2 nitrogen and oxygen atoms in total. The van der Waals surface area contributed by atoms with Crippen molar-refractivity contribution in [1.29, 1.82) is 0 Å². The number of hydrogen-bond donors (Lipinski definition) is 0. The predicted octanol–water partition coefficient (Wildman–Crippen LogP) is 3.56. The number of halogens is 2. The molecule has 2 unspecified atom stereocenters. The summed E-state index contributed by atoms with van der Waals surface area (Å²) in [7, 11) is 0. The van der Waals surface area contributed by atoms with Gasteiger partial charge >= 0.3 is 5.97 Å². The summed E-state index contributed by atoms with van der Waals surface area (Å²) in [5.41, 5.74) is 2.61. The minimum absolute atomic E-state index is 0.210. The van der Waals surface area contributed by atoms with Crippen molar-refractivity contribution in [3.8, 4) is 0 Å². The molecule has 0 heterocycles. The van der Waals surface area contributed by atoms with Gasteiger partial charge in [0.15, 0.2) is 0 Å².